The molecule has 0 heterocycles. The highest BCUT2D eigenvalue weighted by molar-refractivity contribution is 5.30. The molecule has 1 aromatic rings. The highest BCUT2D eigenvalue weighted by Crippen LogP contribution is 2.36. The zero-order chi connectivity index (χ0) is 11.6. The smallest absolute Gasteiger partial charge is 0.00378 e. The molecule has 0 saturated carbocycles. The number of allylic oxidation sites excluding steroid dienone is 4. The van der Waals surface area contributed by atoms with Crippen LogP contribution in [0.4, 0.5) is 0 Å². The molecule has 1 atom stereocenters. The summed E-state index contributed by atoms with van der Waals surface area (Å²) in [5.74, 6) is 0.610. The lowest BCUT2D eigenvalue weighted by Crippen LogP contribution is -2.27. The zero-order valence-corrected chi connectivity index (χ0v) is 10.4. The van der Waals surface area contributed by atoms with Crippen molar-refractivity contribution in [3.63, 3.8) is 0 Å². The van der Waals surface area contributed by atoms with Crippen LogP contribution in [0, 0.1) is 5.92 Å². The summed E-state index contributed by atoms with van der Waals surface area (Å²) in [4.78, 5) is 0. The zero-order valence-electron chi connectivity index (χ0n) is 10.4. The van der Waals surface area contributed by atoms with Gasteiger partial charge in [0.25, 0.3) is 0 Å². The molecule has 0 aromatic heterocycles. The van der Waals surface area contributed by atoms with E-state index in [9.17, 15) is 0 Å². The van der Waals surface area contributed by atoms with Gasteiger partial charge >= 0.3 is 0 Å². The molecule has 1 aliphatic carbocycles. The molecule has 0 spiro atoms. The fourth-order valence-electron chi connectivity index (χ4n) is 2.34. The minimum Gasteiger partial charge on any atom is -0.0810 e. The Morgan fingerprint density at radius 1 is 1.12 bits per heavy atom. The van der Waals surface area contributed by atoms with E-state index in [-0.39, 0.29) is 5.41 Å². The largest absolute Gasteiger partial charge is 0.0810 e. The first kappa shape index (κ1) is 11.2. The Hall–Kier alpha value is -1.30. The Balaban J connectivity index is 2.24. The van der Waals surface area contributed by atoms with Crippen LogP contribution in [0.25, 0.3) is 0 Å². The summed E-state index contributed by atoms with van der Waals surface area (Å²) < 4.78 is 0. The van der Waals surface area contributed by atoms with Crippen molar-refractivity contribution in [3.05, 3.63) is 59.7 Å². The highest BCUT2D eigenvalue weighted by Gasteiger charge is 2.29. The van der Waals surface area contributed by atoms with Crippen molar-refractivity contribution in [3.8, 4) is 0 Å². The third-order valence-corrected chi connectivity index (χ3v) is 3.73. The summed E-state index contributed by atoms with van der Waals surface area (Å²) in [6.07, 6.45) is 8.11. The van der Waals surface area contributed by atoms with Crippen LogP contribution in [0.5, 0.6) is 0 Å². The Morgan fingerprint density at radius 3 is 2.38 bits per heavy atom. The minimum absolute atomic E-state index is 0.217. The van der Waals surface area contributed by atoms with Gasteiger partial charge in [-0.3, -0.25) is 0 Å². The van der Waals surface area contributed by atoms with Crippen LogP contribution in [-0.2, 0) is 5.41 Å². The predicted molar refractivity (Wildman–Crippen MR) is 70.5 cm³/mol. The predicted octanol–water partition coefficient (Wildman–Crippen LogP) is 4.49. The highest BCUT2D eigenvalue weighted by atomic mass is 14.3. The first-order chi connectivity index (χ1) is 7.60. The molecule has 0 heteroatoms. The van der Waals surface area contributed by atoms with Crippen molar-refractivity contribution >= 4 is 0 Å². The first-order valence-corrected chi connectivity index (χ1v) is 6.01. The fourth-order valence-corrected chi connectivity index (χ4v) is 2.34. The molecular formula is C16H20. The molecule has 0 N–H and O–H groups in total. The van der Waals surface area contributed by atoms with E-state index in [4.69, 9.17) is 0 Å². The monoisotopic (exact) mass is 212 g/mol. The number of rotatable bonds is 2. The van der Waals surface area contributed by atoms with Crippen LogP contribution in [0.15, 0.2) is 54.1 Å². The van der Waals surface area contributed by atoms with Gasteiger partial charge in [0.1, 0.15) is 0 Å². The van der Waals surface area contributed by atoms with E-state index >= 15 is 0 Å². The molecule has 0 saturated heterocycles. The Kier molecular flexibility index (Phi) is 3.00. The van der Waals surface area contributed by atoms with Gasteiger partial charge in [0.05, 0.1) is 0 Å². The van der Waals surface area contributed by atoms with Gasteiger partial charge in [-0.25, -0.2) is 0 Å². The van der Waals surface area contributed by atoms with Crippen molar-refractivity contribution in [1.82, 2.24) is 0 Å². The normalized spacial score (nSPS) is 20.7. The second-order valence-corrected chi connectivity index (χ2v) is 5.24. The maximum atomic E-state index is 2.36. The lowest BCUT2D eigenvalue weighted by Gasteiger charge is -2.34. The maximum absolute atomic E-state index is 2.36. The lowest BCUT2D eigenvalue weighted by atomic mass is 9.70. The summed E-state index contributed by atoms with van der Waals surface area (Å²) in [6, 6.07) is 10.8. The van der Waals surface area contributed by atoms with Crippen molar-refractivity contribution < 1.29 is 0 Å². The SMILES string of the molecule is CC1=CCC(C(C)(C)c2ccccc2)C=C1. The standard InChI is InChI=1S/C16H20/c1-13-9-11-15(12-10-13)16(2,3)14-7-5-4-6-8-14/h4-11,15H,12H2,1-3H3. The number of hydrogen-bond donors (Lipinski definition) is 0. The van der Waals surface area contributed by atoms with Crippen LogP contribution >= 0.6 is 0 Å². The van der Waals surface area contributed by atoms with Crippen molar-refractivity contribution in [2.45, 2.75) is 32.6 Å². The molecule has 1 unspecified atom stereocenters. The average Bonchev–Trinajstić information content (AvgIpc) is 2.31. The third-order valence-electron chi connectivity index (χ3n) is 3.73. The van der Waals surface area contributed by atoms with E-state index in [1.54, 1.807) is 0 Å². The van der Waals surface area contributed by atoms with Crippen LogP contribution in [0.1, 0.15) is 32.8 Å². The molecular weight excluding hydrogens is 192 g/mol. The van der Waals surface area contributed by atoms with Gasteiger partial charge in [0.15, 0.2) is 0 Å². The minimum atomic E-state index is 0.217. The molecule has 0 bridgehead atoms. The second kappa shape index (κ2) is 4.29. The van der Waals surface area contributed by atoms with E-state index in [1.165, 1.54) is 11.1 Å². The second-order valence-electron chi connectivity index (χ2n) is 5.24. The van der Waals surface area contributed by atoms with E-state index in [0.29, 0.717) is 5.92 Å². The fraction of sp³-hybridized carbons (Fsp3) is 0.375. The van der Waals surface area contributed by atoms with Gasteiger partial charge in [-0.1, -0.05) is 68.0 Å². The van der Waals surface area contributed by atoms with Gasteiger partial charge in [0.2, 0.25) is 0 Å². The maximum Gasteiger partial charge on any atom is -0.00378 e. The van der Waals surface area contributed by atoms with E-state index in [0.717, 1.165) is 6.42 Å². The molecule has 84 valence electrons. The summed E-state index contributed by atoms with van der Waals surface area (Å²) >= 11 is 0. The Labute approximate surface area is 98.7 Å². The van der Waals surface area contributed by atoms with Crippen LogP contribution in [0.2, 0.25) is 0 Å². The van der Waals surface area contributed by atoms with E-state index in [1.807, 2.05) is 0 Å². The number of hydrogen-bond acceptors (Lipinski definition) is 0. The Bertz CT molecular complexity index is 407. The summed E-state index contributed by atoms with van der Waals surface area (Å²) in [5.41, 5.74) is 3.03. The summed E-state index contributed by atoms with van der Waals surface area (Å²) in [6.45, 7) is 6.85. The van der Waals surface area contributed by atoms with Gasteiger partial charge in [0, 0.05) is 0 Å². The summed E-state index contributed by atoms with van der Waals surface area (Å²) in [7, 11) is 0. The lowest BCUT2D eigenvalue weighted by molar-refractivity contribution is 0.381. The molecule has 2 rings (SSSR count). The molecule has 1 aliphatic rings. The van der Waals surface area contributed by atoms with E-state index in [2.05, 4.69) is 69.3 Å². The quantitative estimate of drug-likeness (QED) is 0.677. The molecule has 1 aromatic carbocycles. The molecule has 0 amide bonds. The van der Waals surface area contributed by atoms with Crippen molar-refractivity contribution in [1.29, 1.82) is 0 Å². The number of benzene rings is 1. The summed E-state index contributed by atoms with van der Waals surface area (Å²) in [5, 5.41) is 0. The van der Waals surface area contributed by atoms with E-state index < -0.39 is 0 Å². The van der Waals surface area contributed by atoms with Gasteiger partial charge in [-0.05, 0) is 30.2 Å². The third kappa shape index (κ3) is 2.11. The molecule has 0 fully saturated rings. The average molecular weight is 212 g/mol. The van der Waals surface area contributed by atoms with Crippen LogP contribution < -0.4 is 0 Å². The first-order valence-electron chi connectivity index (χ1n) is 6.01. The topological polar surface area (TPSA) is 0 Å². The molecule has 0 aliphatic heterocycles. The van der Waals surface area contributed by atoms with Crippen LogP contribution in [-0.4, -0.2) is 0 Å². The van der Waals surface area contributed by atoms with Crippen molar-refractivity contribution in [2.24, 2.45) is 5.92 Å². The molecule has 0 radical (unpaired) electrons. The van der Waals surface area contributed by atoms with Gasteiger partial charge in [-0.15, -0.1) is 0 Å². The van der Waals surface area contributed by atoms with Crippen molar-refractivity contribution in [2.75, 3.05) is 0 Å². The Morgan fingerprint density at radius 2 is 1.81 bits per heavy atom. The van der Waals surface area contributed by atoms with Gasteiger partial charge < -0.3 is 0 Å². The van der Waals surface area contributed by atoms with Gasteiger partial charge in [-0.2, -0.15) is 0 Å². The van der Waals surface area contributed by atoms with Crippen LogP contribution in [0.3, 0.4) is 0 Å². The molecule has 16 heavy (non-hydrogen) atoms. The molecule has 0 nitrogen and oxygen atoms in total.